The second-order valence-corrected chi connectivity index (χ2v) is 15.0. The molecule has 7 nitrogen and oxygen atoms in total. The lowest BCUT2D eigenvalue weighted by Crippen LogP contribution is -2.46. The first-order valence-electron chi connectivity index (χ1n) is 13.9. The zero-order valence-electron chi connectivity index (χ0n) is 23.8. The Morgan fingerprint density at radius 3 is 2.51 bits per heavy atom. The molecule has 2 atom stereocenters. The topological polar surface area (TPSA) is 89.2 Å². The maximum atomic E-state index is 13.1. The van der Waals surface area contributed by atoms with Crippen LogP contribution in [0.25, 0.3) is 10.4 Å². The number of carbonyl (C=O) groups excluding carboxylic acids is 1. The molecule has 2 heterocycles. The van der Waals surface area contributed by atoms with Crippen LogP contribution in [0.2, 0.25) is 0 Å². The lowest BCUT2D eigenvalue weighted by atomic mass is 9.69. The third-order valence-electron chi connectivity index (χ3n) is 8.78. The molecule has 1 aromatic carbocycles. The molecule has 1 saturated heterocycles. The molecule has 4 rings (SSSR count). The first-order valence-corrected chi connectivity index (χ1v) is 15.5. The number of rotatable bonds is 8. The van der Waals surface area contributed by atoms with Gasteiger partial charge in [0.2, 0.25) is 0 Å². The van der Waals surface area contributed by atoms with E-state index in [4.69, 9.17) is 11.3 Å². The molecule has 0 saturated carbocycles. The van der Waals surface area contributed by atoms with Crippen LogP contribution in [0.1, 0.15) is 90.2 Å². The Labute approximate surface area is 233 Å². The highest BCUT2D eigenvalue weighted by molar-refractivity contribution is 7.92. The molecule has 0 spiro atoms. The van der Waals surface area contributed by atoms with Gasteiger partial charge in [0.05, 0.1) is 10.5 Å². The van der Waals surface area contributed by atoms with E-state index in [1.165, 1.54) is 5.57 Å². The normalized spacial score (nSPS) is 27.6. The molecule has 8 heteroatoms. The van der Waals surface area contributed by atoms with E-state index >= 15 is 0 Å². The summed E-state index contributed by atoms with van der Waals surface area (Å²) in [7, 11) is -1.48. The second-order valence-electron chi connectivity index (χ2n) is 12.2. The van der Waals surface area contributed by atoms with E-state index in [0.29, 0.717) is 31.6 Å². The number of carbonyl (C=O) groups is 1. The van der Waals surface area contributed by atoms with Gasteiger partial charge in [0.1, 0.15) is 0 Å². The summed E-state index contributed by atoms with van der Waals surface area (Å²) in [5, 5.41) is 2.23. The third-order valence-corrected chi connectivity index (χ3v) is 11.4. The van der Waals surface area contributed by atoms with Crippen LogP contribution in [0.3, 0.4) is 0 Å². The van der Waals surface area contributed by atoms with Crippen molar-refractivity contribution in [3.63, 3.8) is 0 Å². The molecule has 1 amide bonds. The zero-order valence-corrected chi connectivity index (χ0v) is 24.7. The minimum absolute atomic E-state index is 0.231. The molecule has 2 unspecified atom stereocenters. The van der Waals surface area contributed by atoms with Crippen molar-refractivity contribution in [2.24, 2.45) is 10.4 Å². The molecule has 0 bridgehead atoms. The first kappa shape index (κ1) is 29.2. The minimum Gasteiger partial charge on any atom is -0.385 e. The molecule has 210 valence electrons. The molecule has 3 aliphatic rings. The Bertz CT molecular complexity index is 1350. The number of nitrogens with zero attached hydrogens (tertiary/aromatic N) is 2. The molecular formula is C31H41N3O4S. The fourth-order valence-electron chi connectivity index (χ4n) is 6.35. The summed E-state index contributed by atoms with van der Waals surface area (Å²) in [6.45, 7) is 16.0. The number of hydrogen-bond acceptors (Lipinski definition) is 5. The molecule has 0 radical (unpaired) electrons. The van der Waals surface area contributed by atoms with Gasteiger partial charge in [-0.3, -0.25) is 4.79 Å². The van der Waals surface area contributed by atoms with E-state index in [1.54, 1.807) is 13.2 Å². The summed E-state index contributed by atoms with van der Waals surface area (Å²) in [5.74, 6) is -0.0436. The largest absolute Gasteiger partial charge is 0.385 e. The lowest BCUT2D eigenvalue weighted by Gasteiger charge is -2.44. The van der Waals surface area contributed by atoms with Gasteiger partial charge in [-0.1, -0.05) is 38.6 Å². The molecule has 0 aromatic heterocycles. The Hall–Kier alpha value is -2.76. The standard InChI is InChI=1S/C31H41N3O4S/c1-21-19-31(14-7-17-38-6,20-22(2)39(21,36)37)24-8-9-26(34-29(35)27-10-11-28(32-5)33-27)25(18-24)23-12-15-30(3,4)16-13-23/h8-9,11-12,18,21-22H,7,10,13-17,19-20H2,1-4,6H3,(H,34,35). The Kier molecular flexibility index (Phi) is 8.53. The average Bonchev–Trinajstić information content (AvgIpc) is 3.38. The molecule has 1 N–H and O–H groups in total. The van der Waals surface area contributed by atoms with Crippen LogP contribution in [0.4, 0.5) is 5.69 Å². The number of allylic oxidation sites excluding steroid dienone is 3. The summed E-state index contributed by atoms with van der Waals surface area (Å²) in [6, 6.07) is 6.23. The minimum atomic E-state index is -3.17. The van der Waals surface area contributed by atoms with Crippen molar-refractivity contribution >= 4 is 32.7 Å². The van der Waals surface area contributed by atoms with Gasteiger partial charge in [0.25, 0.3) is 11.7 Å². The summed E-state index contributed by atoms with van der Waals surface area (Å²) in [4.78, 5) is 20.6. The van der Waals surface area contributed by atoms with Crippen LogP contribution in [0.15, 0.2) is 41.2 Å². The molecular weight excluding hydrogens is 510 g/mol. The number of ether oxygens (including phenoxy) is 1. The fourth-order valence-corrected chi connectivity index (χ4v) is 8.24. The van der Waals surface area contributed by atoms with Crippen molar-refractivity contribution in [3.05, 3.63) is 58.7 Å². The smallest absolute Gasteiger partial charge is 0.293 e. The van der Waals surface area contributed by atoms with Gasteiger partial charge < -0.3 is 14.9 Å². The third kappa shape index (κ3) is 6.20. The number of amides is 1. The maximum absolute atomic E-state index is 13.1. The number of benzene rings is 1. The number of nitrogens with one attached hydrogen (secondary N) is 1. The Balaban J connectivity index is 1.76. The summed E-state index contributed by atoms with van der Waals surface area (Å²) < 4.78 is 31.3. The SMILES string of the molecule is [C-]#[N+]C1=CCC(C(=O)Nc2ccc(C3(CCCOC)CC(C)S(=O)(=O)C(C)C3)cc2C2=CCC(C)(C)CC2)=N1. The molecule has 1 fully saturated rings. The number of anilines is 1. The first-order chi connectivity index (χ1) is 18.4. The van der Waals surface area contributed by atoms with Gasteiger partial charge in [0, 0.05) is 31.4 Å². The Morgan fingerprint density at radius 2 is 1.92 bits per heavy atom. The van der Waals surface area contributed by atoms with Crippen LogP contribution in [0.5, 0.6) is 0 Å². The molecule has 1 aromatic rings. The van der Waals surface area contributed by atoms with Crippen LogP contribution in [-0.4, -0.2) is 44.3 Å². The van der Waals surface area contributed by atoms with E-state index in [9.17, 15) is 13.2 Å². The number of methoxy groups -OCH3 is 1. The highest BCUT2D eigenvalue weighted by Gasteiger charge is 2.46. The molecule has 1 aliphatic carbocycles. The average molecular weight is 552 g/mol. The predicted octanol–water partition coefficient (Wildman–Crippen LogP) is 6.47. The van der Waals surface area contributed by atoms with Crippen molar-refractivity contribution in [3.8, 4) is 0 Å². The van der Waals surface area contributed by atoms with Crippen LogP contribution in [0, 0.1) is 12.0 Å². The lowest BCUT2D eigenvalue weighted by molar-refractivity contribution is -0.110. The van der Waals surface area contributed by atoms with Crippen molar-refractivity contribution < 1.29 is 17.9 Å². The van der Waals surface area contributed by atoms with Gasteiger partial charge >= 0.3 is 0 Å². The van der Waals surface area contributed by atoms with Gasteiger partial charge in [-0.25, -0.2) is 8.42 Å². The van der Waals surface area contributed by atoms with Crippen LogP contribution < -0.4 is 5.32 Å². The summed E-state index contributed by atoms with van der Waals surface area (Å²) >= 11 is 0. The molecule has 39 heavy (non-hydrogen) atoms. The predicted molar refractivity (Wildman–Crippen MR) is 157 cm³/mol. The van der Waals surface area contributed by atoms with E-state index < -0.39 is 20.3 Å². The summed E-state index contributed by atoms with van der Waals surface area (Å²) in [6.07, 6.45) is 10.0. The highest BCUT2D eigenvalue weighted by Crippen LogP contribution is 2.48. The monoisotopic (exact) mass is 551 g/mol. The van der Waals surface area contributed by atoms with Crippen molar-refractivity contribution in [2.45, 2.75) is 95.0 Å². The van der Waals surface area contributed by atoms with Gasteiger partial charge in [-0.2, -0.15) is 0 Å². The van der Waals surface area contributed by atoms with Gasteiger partial charge in [-0.15, -0.1) is 4.99 Å². The van der Waals surface area contributed by atoms with Gasteiger partial charge in [-0.05, 0) is 92.9 Å². The van der Waals surface area contributed by atoms with Crippen LogP contribution in [-0.2, 0) is 24.8 Å². The van der Waals surface area contributed by atoms with E-state index in [2.05, 4.69) is 47.2 Å². The highest BCUT2D eigenvalue weighted by atomic mass is 32.2. The van der Waals surface area contributed by atoms with Crippen LogP contribution >= 0.6 is 0 Å². The van der Waals surface area contributed by atoms with E-state index in [-0.39, 0.29) is 22.6 Å². The van der Waals surface area contributed by atoms with E-state index in [1.807, 2.05) is 19.9 Å². The molecule has 2 aliphatic heterocycles. The van der Waals surface area contributed by atoms with Gasteiger partial charge in [0.15, 0.2) is 15.5 Å². The quantitative estimate of drug-likeness (QED) is 0.296. The Morgan fingerprint density at radius 1 is 1.21 bits per heavy atom. The van der Waals surface area contributed by atoms with Crippen molar-refractivity contribution in [1.29, 1.82) is 0 Å². The number of sulfone groups is 1. The summed E-state index contributed by atoms with van der Waals surface area (Å²) in [5.41, 5.74) is 4.33. The number of hydrogen-bond donors (Lipinski definition) is 1. The van der Waals surface area contributed by atoms with Crippen molar-refractivity contribution in [1.82, 2.24) is 0 Å². The number of aliphatic imine (C=N–C) groups is 1. The second kappa shape index (κ2) is 11.4. The van der Waals surface area contributed by atoms with Crippen molar-refractivity contribution in [2.75, 3.05) is 19.0 Å². The zero-order chi connectivity index (χ0) is 28.4. The maximum Gasteiger partial charge on any atom is 0.293 e. The fraction of sp³-hybridized carbons (Fsp3) is 0.581. The van der Waals surface area contributed by atoms with E-state index in [0.717, 1.165) is 48.9 Å².